The maximum Gasteiger partial charge on any atom is 0.316 e. The smallest absolute Gasteiger partial charge is 0.287 e. The van der Waals surface area contributed by atoms with Crippen LogP contribution in [0.4, 0.5) is 0 Å². The molecule has 0 aromatic heterocycles. The number of rotatable bonds is 2. The van der Waals surface area contributed by atoms with Crippen molar-refractivity contribution in [2.45, 2.75) is 19.8 Å². The molecule has 0 unspecified atom stereocenters. The first-order chi connectivity index (χ1) is 6.07. The van der Waals surface area contributed by atoms with Crippen LogP contribution in [0.25, 0.3) is 0 Å². The first-order valence-corrected chi connectivity index (χ1v) is 4.64. The van der Waals surface area contributed by atoms with Gasteiger partial charge in [-0.05, 0) is 6.42 Å². The lowest BCUT2D eigenvalue weighted by molar-refractivity contribution is -0.420. The zero-order valence-corrected chi connectivity index (χ0v) is 8.63. The lowest BCUT2D eigenvalue weighted by Gasteiger charge is -2.09. The normalized spacial score (nSPS) is 17.4. The maximum absolute atomic E-state index is 11.2. The molecule has 0 aliphatic heterocycles. The quantitative estimate of drug-likeness (QED) is 0.554. The van der Waals surface area contributed by atoms with Gasteiger partial charge < -0.3 is 0 Å². The number of carbonyl (C=O) groups is 1. The molecule has 0 atom stereocenters. The Morgan fingerprint density at radius 1 is 1.69 bits per heavy atom. The summed E-state index contributed by atoms with van der Waals surface area (Å²) in [4.78, 5) is 21.1. The number of carbonyl (C=O) groups excluding carboxylic acids is 1. The molecule has 0 N–H and O–H groups in total. The third-order valence-corrected chi connectivity index (χ3v) is 2.64. The van der Waals surface area contributed by atoms with Crippen molar-refractivity contribution in [3.05, 3.63) is 31.9 Å². The molecule has 5 heteroatoms. The number of Topliss-reactive ketones (excluding diaryl/α,β-unsaturated/α-hetero) is 1. The highest BCUT2D eigenvalue weighted by Gasteiger charge is 2.29. The second-order valence-electron chi connectivity index (χ2n) is 2.62. The summed E-state index contributed by atoms with van der Waals surface area (Å²) in [6.45, 7) is 1.78. The van der Waals surface area contributed by atoms with Crippen LogP contribution in [0.3, 0.4) is 0 Å². The minimum atomic E-state index is -0.602. The summed E-state index contributed by atoms with van der Waals surface area (Å²) >= 11 is 3.20. The van der Waals surface area contributed by atoms with Gasteiger partial charge in [-0.25, -0.2) is 0 Å². The molecule has 0 heterocycles. The maximum atomic E-state index is 11.2. The summed E-state index contributed by atoms with van der Waals surface area (Å²) < 4.78 is 0.668. The second-order valence-corrected chi connectivity index (χ2v) is 3.47. The van der Waals surface area contributed by atoms with Gasteiger partial charge in [0.25, 0.3) is 0 Å². The molecular formula is C8H8BrNO3. The highest BCUT2D eigenvalue weighted by Crippen LogP contribution is 2.29. The number of allylic oxidation sites excluding steroid dienone is 4. The van der Waals surface area contributed by atoms with Crippen LogP contribution in [0, 0.1) is 10.1 Å². The Bertz CT molecular complexity index is 330. The number of hydrogen-bond acceptors (Lipinski definition) is 3. The Balaban J connectivity index is 3.24. The minimum Gasteiger partial charge on any atom is -0.287 e. The molecule has 70 valence electrons. The third-order valence-electron chi connectivity index (χ3n) is 1.84. The third kappa shape index (κ3) is 1.85. The predicted molar refractivity (Wildman–Crippen MR) is 50.9 cm³/mol. The molecule has 13 heavy (non-hydrogen) atoms. The van der Waals surface area contributed by atoms with E-state index in [-0.39, 0.29) is 12.1 Å². The van der Waals surface area contributed by atoms with Crippen molar-refractivity contribution >= 4 is 21.7 Å². The van der Waals surface area contributed by atoms with E-state index in [0.29, 0.717) is 16.5 Å². The first kappa shape index (κ1) is 10.1. The fourth-order valence-corrected chi connectivity index (χ4v) is 1.86. The molecule has 0 spiro atoms. The van der Waals surface area contributed by atoms with Gasteiger partial charge in [0.15, 0.2) is 0 Å². The Morgan fingerprint density at radius 2 is 2.31 bits per heavy atom. The Hall–Kier alpha value is -0.970. The molecule has 0 aromatic carbocycles. The topological polar surface area (TPSA) is 60.2 Å². The van der Waals surface area contributed by atoms with Crippen molar-refractivity contribution < 1.29 is 9.72 Å². The standard InChI is InChI=1S/C8H8BrNO3/c1-2-5-6(9)3-4-7(11)8(5)10(12)13/h3H,2,4H2,1H3. The summed E-state index contributed by atoms with van der Waals surface area (Å²) in [5.74, 6) is -0.412. The monoisotopic (exact) mass is 245 g/mol. The molecule has 1 rings (SSSR count). The average Bonchev–Trinajstić information content (AvgIpc) is 2.07. The number of nitrogens with zero attached hydrogens (tertiary/aromatic N) is 1. The molecule has 0 bridgehead atoms. The molecule has 0 fully saturated rings. The van der Waals surface area contributed by atoms with Gasteiger partial charge in [0.2, 0.25) is 5.78 Å². The van der Waals surface area contributed by atoms with Crippen LogP contribution in [0.5, 0.6) is 0 Å². The van der Waals surface area contributed by atoms with Crippen LogP contribution in [-0.2, 0) is 4.79 Å². The Kier molecular flexibility index (Phi) is 2.98. The molecule has 0 radical (unpaired) electrons. The SMILES string of the molecule is CCC1=C([N+](=O)[O-])C(=O)CC=C1Br. The zero-order chi connectivity index (χ0) is 10.0. The van der Waals surface area contributed by atoms with Gasteiger partial charge >= 0.3 is 5.70 Å². The summed E-state index contributed by atoms with van der Waals surface area (Å²) in [6.07, 6.45) is 2.26. The zero-order valence-electron chi connectivity index (χ0n) is 7.04. The van der Waals surface area contributed by atoms with Crippen molar-refractivity contribution in [2.24, 2.45) is 0 Å². The van der Waals surface area contributed by atoms with E-state index in [4.69, 9.17) is 0 Å². The summed E-state index contributed by atoms with van der Waals surface area (Å²) in [5, 5.41) is 10.6. The van der Waals surface area contributed by atoms with Crippen molar-refractivity contribution in [1.82, 2.24) is 0 Å². The average molecular weight is 246 g/mol. The van der Waals surface area contributed by atoms with Gasteiger partial charge in [0, 0.05) is 16.5 Å². The number of hydrogen-bond donors (Lipinski definition) is 0. The largest absolute Gasteiger partial charge is 0.316 e. The van der Waals surface area contributed by atoms with Crippen LogP contribution in [-0.4, -0.2) is 10.7 Å². The van der Waals surface area contributed by atoms with Gasteiger partial charge in [-0.2, -0.15) is 0 Å². The van der Waals surface area contributed by atoms with E-state index in [1.807, 2.05) is 0 Å². The predicted octanol–water partition coefficient (Wildman–Crippen LogP) is 2.18. The molecular weight excluding hydrogens is 238 g/mol. The minimum absolute atomic E-state index is 0.112. The first-order valence-electron chi connectivity index (χ1n) is 3.84. The number of ketones is 1. The van der Waals surface area contributed by atoms with E-state index in [1.165, 1.54) is 0 Å². The molecule has 0 saturated carbocycles. The van der Waals surface area contributed by atoms with E-state index in [2.05, 4.69) is 15.9 Å². The molecule has 1 aliphatic carbocycles. The van der Waals surface area contributed by atoms with Crippen molar-refractivity contribution in [2.75, 3.05) is 0 Å². The summed E-state index contributed by atoms with van der Waals surface area (Å²) in [7, 11) is 0. The van der Waals surface area contributed by atoms with Gasteiger partial charge in [-0.1, -0.05) is 28.9 Å². The fraction of sp³-hybridized carbons (Fsp3) is 0.375. The number of nitro groups is 1. The van der Waals surface area contributed by atoms with Gasteiger partial charge in [-0.3, -0.25) is 14.9 Å². The van der Waals surface area contributed by atoms with Crippen molar-refractivity contribution in [3.63, 3.8) is 0 Å². The van der Waals surface area contributed by atoms with E-state index in [0.717, 1.165) is 0 Å². The lowest BCUT2D eigenvalue weighted by Crippen LogP contribution is -2.16. The van der Waals surface area contributed by atoms with Crippen molar-refractivity contribution in [3.8, 4) is 0 Å². The molecule has 0 saturated heterocycles. The second kappa shape index (κ2) is 3.83. The highest BCUT2D eigenvalue weighted by atomic mass is 79.9. The number of halogens is 1. The van der Waals surface area contributed by atoms with E-state index >= 15 is 0 Å². The van der Waals surface area contributed by atoms with Crippen LogP contribution < -0.4 is 0 Å². The van der Waals surface area contributed by atoms with Crippen molar-refractivity contribution in [1.29, 1.82) is 0 Å². The van der Waals surface area contributed by atoms with Crippen LogP contribution >= 0.6 is 15.9 Å². The molecule has 1 aliphatic rings. The van der Waals surface area contributed by atoms with Gasteiger partial charge in [0.05, 0.1) is 4.92 Å². The lowest BCUT2D eigenvalue weighted by atomic mass is 10.0. The molecule has 0 aromatic rings. The Morgan fingerprint density at radius 3 is 2.69 bits per heavy atom. The van der Waals surface area contributed by atoms with Crippen LogP contribution in [0.15, 0.2) is 21.8 Å². The van der Waals surface area contributed by atoms with E-state index in [9.17, 15) is 14.9 Å². The summed E-state index contributed by atoms with van der Waals surface area (Å²) in [5.41, 5.74) is 0.220. The van der Waals surface area contributed by atoms with E-state index < -0.39 is 10.7 Å². The Labute approximate surface area is 83.6 Å². The molecule has 4 nitrogen and oxygen atoms in total. The van der Waals surface area contributed by atoms with Crippen LogP contribution in [0.2, 0.25) is 0 Å². The fourth-order valence-electron chi connectivity index (χ4n) is 1.23. The highest BCUT2D eigenvalue weighted by molar-refractivity contribution is 9.12. The van der Waals surface area contributed by atoms with Crippen LogP contribution in [0.1, 0.15) is 19.8 Å². The van der Waals surface area contributed by atoms with Gasteiger partial charge in [-0.15, -0.1) is 0 Å². The van der Waals surface area contributed by atoms with Gasteiger partial charge in [0.1, 0.15) is 0 Å². The summed E-state index contributed by atoms with van der Waals surface area (Å²) in [6, 6.07) is 0. The molecule has 0 amide bonds. The van der Waals surface area contributed by atoms with E-state index in [1.54, 1.807) is 13.0 Å².